The molecule has 1 aliphatic heterocycles. The van der Waals surface area contributed by atoms with Gasteiger partial charge in [-0.15, -0.1) is 0 Å². The normalized spacial score (nSPS) is 28.4. The molecule has 0 spiro atoms. The highest BCUT2D eigenvalue weighted by molar-refractivity contribution is 5.62. The summed E-state index contributed by atoms with van der Waals surface area (Å²) in [5.74, 6) is 3.15. The standard InChI is InChI=1S/C20H27N3O3/c1-26-20-5-4-18(23(24)25)12-19(20)21-17-6-8-22(9-7-17)13-16-11-14-2-3-15(16)10-14/h2-5,12,14-17,21H,6-11,13H2,1H3/t14-,15-,16+/m1/s1. The Balaban J connectivity index is 1.32. The fourth-order valence-corrected chi connectivity index (χ4v) is 4.84. The van der Waals surface area contributed by atoms with E-state index in [1.54, 1.807) is 19.2 Å². The average molecular weight is 357 g/mol. The van der Waals surface area contributed by atoms with Crippen LogP contribution in [0, 0.1) is 27.9 Å². The molecule has 2 fully saturated rings. The number of nitro groups is 1. The number of methoxy groups -OCH3 is 1. The third kappa shape index (κ3) is 3.56. The van der Waals surface area contributed by atoms with Crippen molar-refractivity contribution in [3.8, 4) is 5.75 Å². The van der Waals surface area contributed by atoms with Crippen molar-refractivity contribution in [1.29, 1.82) is 0 Å². The lowest BCUT2D eigenvalue weighted by Gasteiger charge is -2.35. The summed E-state index contributed by atoms with van der Waals surface area (Å²) in [4.78, 5) is 13.3. The number of nitro benzene ring substituents is 1. The zero-order valence-corrected chi connectivity index (χ0v) is 15.3. The predicted octanol–water partition coefficient (Wildman–Crippen LogP) is 3.69. The molecule has 1 aromatic rings. The third-order valence-electron chi connectivity index (χ3n) is 6.25. The van der Waals surface area contributed by atoms with E-state index in [-0.39, 0.29) is 10.6 Å². The molecule has 0 unspecified atom stereocenters. The lowest BCUT2D eigenvalue weighted by atomic mass is 9.92. The highest BCUT2D eigenvalue weighted by Gasteiger charge is 2.36. The minimum absolute atomic E-state index is 0.0927. The molecule has 26 heavy (non-hydrogen) atoms. The van der Waals surface area contributed by atoms with Gasteiger partial charge in [0.1, 0.15) is 5.75 Å². The molecule has 1 aromatic carbocycles. The smallest absolute Gasteiger partial charge is 0.271 e. The van der Waals surface area contributed by atoms with Gasteiger partial charge in [-0.3, -0.25) is 10.1 Å². The number of benzene rings is 1. The summed E-state index contributed by atoms with van der Waals surface area (Å²) in [6, 6.07) is 5.06. The number of likely N-dealkylation sites (tertiary alicyclic amines) is 1. The minimum Gasteiger partial charge on any atom is -0.495 e. The largest absolute Gasteiger partial charge is 0.495 e. The molecular weight excluding hydrogens is 330 g/mol. The first-order valence-corrected chi connectivity index (χ1v) is 9.62. The van der Waals surface area contributed by atoms with Gasteiger partial charge in [0.25, 0.3) is 5.69 Å². The Morgan fingerprint density at radius 3 is 2.69 bits per heavy atom. The number of hydrogen-bond acceptors (Lipinski definition) is 5. The monoisotopic (exact) mass is 357 g/mol. The van der Waals surface area contributed by atoms with Gasteiger partial charge in [0.2, 0.25) is 0 Å². The summed E-state index contributed by atoms with van der Waals surface area (Å²) < 4.78 is 5.36. The molecule has 3 atom stereocenters. The fraction of sp³-hybridized carbons (Fsp3) is 0.600. The second kappa shape index (κ2) is 7.27. The van der Waals surface area contributed by atoms with Crippen LogP contribution < -0.4 is 10.1 Å². The van der Waals surface area contributed by atoms with Crippen LogP contribution in [-0.2, 0) is 0 Å². The van der Waals surface area contributed by atoms with Crippen LogP contribution in [0.15, 0.2) is 30.4 Å². The van der Waals surface area contributed by atoms with Gasteiger partial charge in [-0.25, -0.2) is 0 Å². The molecular formula is C20H27N3O3. The minimum atomic E-state index is -0.364. The van der Waals surface area contributed by atoms with Crippen molar-refractivity contribution in [1.82, 2.24) is 4.90 Å². The van der Waals surface area contributed by atoms with E-state index in [4.69, 9.17) is 4.74 Å². The molecule has 6 nitrogen and oxygen atoms in total. The van der Waals surface area contributed by atoms with Crippen LogP contribution in [0.2, 0.25) is 0 Å². The molecule has 140 valence electrons. The summed E-state index contributed by atoms with van der Waals surface area (Å²) in [7, 11) is 1.60. The van der Waals surface area contributed by atoms with Crippen LogP contribution in [0.1, 0.15) is 25.7 Å². The second-order valence-electron chi connectivity index (χ2n) is 7.90. The summed E-state index contributed by atoms with van der Waals surface area (Å²) in [6.45, 7) is 3.40. The molecule has 1 heterocycles. The summed E-state index contributed by atoms with van der Waals surface area (Å²) in [5, 5.41) is 14.5. The zero-order valence-electron chi connectivity index (χ0n) is 15.3. The second-order valence-corrected chi connectivity index (χ2v) is 7.90. The molecule has 2 bridgehead atoms. The van der Waals surface area contributed by atoms with Crippen molar-refractivity contribution in [3.05, 3.63) is 40.5 Å². The van der Waals surface area contributed by atoms with Gasteiger partial charge < -0.3 is 15.0 Å². The number of ether oxygens (including phenoxy) is 1. The van der Waals surface area contributed by atoms with Crippen LogP contribution in [0.4, 0.5) is 11.4 Å². The van der Waals surface area contributed by atoms with Crippen molar-refractivity contribution in [2.45, 2.75) is 31.7 Å². The Kier molecular flexibility index (Phi) is 4.85. The molecule has 0 aromatic heterocycles. The number of hydrogen-bond donors (Lipinski definition) is 1. The van der Waals surface area contributed by atoms with Crippen molar-refractivity contribution in [2.75, 3.05) is 32.1 Å². The van der Waals surface area contributed by atoms with Gasteiger partial charge in [0.15, 0.2) is 0 Å². The third-order valence-corrected chi connectivity index (χ3v) is 6.25. The number of allylic oxidation sites excluding steroid dienone is 2. The quantitative estimate of drug-likeness (QED) is 0.478. The summed E-state index contributed by atoms with van der Waals surface area (Å²) in [5.41, 5.74) is 0.813. The Morgan fingerprint density at radius 2 is 2.08 bits per heavy atom. The van der Waals surface area contributed by atoms with E-state index in [2.05, 4.69) is 22.4 Å². The summed E-state index contributed by atoms with van der Waals surface area (Å²) >= 11 is 0. The highest BCUT2D eigenvalue weighted by Crippen LogP contribution is 2.43. The van der Waals surface area contributed by atoms with E-state index in [1.807, 2.05) is 0 Å². The topological polar surface area (TPSA) is 67.6 Å². The maximum atomic E-state index is 11.0. The fourth-order valence-electron chi connectivity index (χ4n) is 4.84. The van der Waals surface area contributed by atoms with Crippen LogP contribution >= 0.6 is 0 Å². The SMILES string of the molecule is COc1ccc([N+](=O)[O-])cc1NC1CCN(C[C@@H]2C[C@@H]3C=C[C@@H]2C3)CC1. The van der Waals surface area contributed by atoms with Crippen molar-refractivity contribution >= 4 is 11.4 Å². The number of anilines is 1. The van der Waals surface area contributed by atoms with Gasteiger partial charge in [-0.2, -0.15) is 0 Å². The van der Waals surface area contributed by atoms with Gasteiger partial charge in [0.05, 0.1) is 17.7 Å². The van der Waals surface area contributed by atoms with Crippen molar-refractivity contribution in [2.24, 2.45) is 17.8 Å². The molecule has 6 heteroatoms. The van der Waals surface area contributed by atoms with Gasteiger partial charge in [0, 0.05) is 37.8 Å². The van der Waals surface area contributed by atoms with Crippen LogP contribution in [0.3, 0.4) is 0 Å². The van der Waals surface area contributed by atoms with Crippen LogP contribution in [-0.4, -0.2) is 42.6 Å². The molecule has 0 amide bonds. The van der Waals surface area contributed by atoms with E-state index in [0.717, 1.165) is 49.4 Å². The van der Waals surface area contributed by atoms with E-state index in [0.29, 0.717) is 11.8 Å². The average Bonchev–Trinajstić information content (AvgIpc) is 3.26. The molecule has 1 N–H and O–H groups in total. The first-order valence-electron chi connectivity index (χ1n) is 9.62. The molecule has 0 radical (unpaired) electrons. The number of nitrogens with zero attached hydrogens (tertiary/aromatic N) is 2. The number of non-ortho nitro benzene ring substituents is 1. The Morgan fingerprint density at radius 1 is 1.27 bits per heavy atom. The predicted molar refractivity (Wildman–Crippen MR) is 102 cm³/mol. The van der Waals surface area contributed by atoms with Crippen molar-refractivity contribution < 1.29 is 9.66 Å². The maximum absolute atomic E-state index is 11.0. The van der Waals surface area contributed by atoms with Crippen molar-refractivity contribution in [3.63, 3.8) is 0 Å². The molecule has 1 saturated carbocycles. The lowest BCUT2D eigenvalue weighted by Crippen LogP contribution is -2.41. The van der Waals surface area contributed by atoms with Gasteiger partial charge in [-0.1, -0.05) is 12.2 Å². The van der Waals surface area contributed by atoms with Crippen LogP contribution in [0.5, 0.6) is 5.75 Å². The molecule has 2 aliphatic carbocycles. The summed E-state index contributed by atoms with van der Waals surface area (Å²) in [6.07, 6.45) is 9.69. The first kappa shape index (κ1) is 17.3. The Hall–Kier alpha value is -2.08. The van der Waals surface area contributed by atoms with Gasteiger partial charge >= 0.3 is 0 Å². The Bertz CT molecular complexity index is 698. The lowest BCUT2D eigenvalue weighted by molar-refractivity contribution is -0.384. The number of rotatable bonds is 6. The maximum Gasteiger partial charge on any atom is 0.271 e. The number of piperidine rings is 1. The highest BCUT2D eigenvalue weighted by atomic mass is 16.6. The van der Waals surface area contributed by atoms with E-state index < -0.39 is 0 Å². The number of nitrogens with one attached hydrogen (secondary N) is 1. The molecule has 1 saturated heterocycles. The molecule has 3 aliphatic rings. The number of fused-ring (bicyclic) bond motifs is 2. The van der Waals surface area contributed by atoms with E-state index in [9.17, 15) is 10.1 Å². The Labute approximate surface area is 154 Å². The van der Waals surface area contributed by atoms with Crippen LogP contribution in [0.25, 0.3) is 0 Å². The zero-order chi connectivity index (χ0) is 18.1. The first-order chi connectivity index (χ1) is 12.6. The van der Waals surface area contributed by atoms with Gasteiger partial charge in [-0.05, 0) is 49.5 Å². The van der Waals surface area contributed by atoms with E-state index in [1.165, 1.54) is 25.5 Å². The van der Waals surface area contributed by atoms with E-state index >= 15 is 0 Å². The molecule has 4 rings (SSSR count).